The first-order chi connectivity index (χ1) is 10.4. The van der Waals surface area contributed by atoms with Crippen LogP contribution in [-0.2, 0) is 4.74 Å². The second-order valence-electron chi connectivity index (χ2n) is 6.54. The van der Waals surface area contributed by atoms with Crippen LogP contribution in [0, 0.1) is 5.41 Å². The third-order valence-corrected chi connectivity index (χ3v) is 4.86. The van der Waals surface area contributed by atoms with Crippen molar-refractivity contribution < 1.29 is 9.53 Å². The number of urea groups is 1. The summed E-state index contributed by atoms with van der Waals surface area (Å²) in [7, 11) is 1.81. The van der Waals surface area contributed by atoms with Crippen LogP contribution in [0.15, 0.2) is 24.4 Å². The van der Waals surface area contributed by atoms with Crippen LogP contribution in [-0.4, -0.2) is 41.7 Å². The molecule has 122 valence electrons. The number of carbonyl (C=O) groups is 1. The molecule has 1 aliphatic carbocycles. The molecule has 0 aromatic carbocycles. The van der Waals surface area contributed by atoms with E-state index in [1.165, 1.54) is 0 Å². The maximum atomic E-state index is 12.5. The zero-order valence-corrected chi connectivity index (χ0v) is 14.2. The lowest BCUT2D eigenvalue weighted by Crippen LogP contribution is -2.63. The molecule has 5 nitrogen and oxygen atoms in total. The molecule has 1 fully saturated rings. The summed E-state index contributed by atoms with van der Waals surface area (Å²) in [4.78, 5) is 18.5. The molecule has 1 aliphatic rings. The molecule has 0 unspecified atom stereocenters. The molecule has 0 radical (unpaired) electrons. The number of amides is 2. The van der Waals surface area contributed by atoms with Crippen molar-refractivity contribution in [2.45, 2.75) is 52.3 Å². The quantitative estimate of drug-likeness (QED) is 0.910. The van der Waals surface area contributed by atoms with Crippen molar-refractivity contribution in [2.75, 3.05) is 13.7 Å². The Kier molecular flexibility index (Phi) is 5.06. The van der Waals surface area contributed by atoms with Gasteiger partial charge in [0.2, 0.25) is 0 Å². The van der Waals surface area contributed by atoms with Gasteiger partial charge in [-0.05, 0) is 32.4 Å². The molecule has 0 bridgehead atoms. The van der Waals surface area contributed by atoms with Gasteiger partial charge in [-0.15, -0.1) is 0 Å². The minimum atomic E-state index is -0.0637. The number of ether oxygens (including phenoxy) is 1. The van der Waals surface area contributed by atoms with Crippen molar-refractivity contribution in [3.8, 4) is 0 Å². The van der Waals surface area contributed by atoms with Gasteiger partial charge in [-0.25, -0.2) is 4.79 Å². The lowest BCUT2D eigenvalue weighted by molar-refractivity contribution is -0.111. The summed E-state index contributed by atoms with van der Waals surface area (Å²) < 4.78 is 5.71. The van der Waals surface area contributed by atoms with Crippen molar-refractivity contribution in [3.63, 3.8) is 0 Å². The highest BCUT2D eigenvalue weighted by Gasteiger charge is 2.49. The van der Waals surface area contributed by atoms with E-state index in [2.05, 4.69) is 24.1 Å². The van der Waals surface area contributed by atoms with Gasteiger partial charge in [0.15, 0.2) is 0 Å². The topological polar surface area (TPSA) is 54.5 Å². The van der Waals surface area contributed by atoms with Crippen molar-refractivity contribution in [3.05, 3.63) is 30.1 Å². The monoisotopic (exact) mass is 305 g/mol. The summed E-state index contributed by atoms with van der Waals surface area (Å²) in [6.07, 6.45) is 2.85. The second kappa shape index (κ2) is 6.65. The Morgan fingerprint density at radius 1 is 1.55 bits per heavy atom. The highest BCUT2D eigenvalue weighted by Crippen LogP contribution is 2.42. The molecule has 2 amide bonds. The number of hydrogen-bond donors (Lipinski definition) is 1. The van der Waals surface area contributed by atoms with Gasteiger partial charge in [-0.1, -0.05) is 19.9 Å². The van der Waals surface area contributed by atoms with E-state index >= 15 is 0 Å². The van der Waals surface area contributed by atoms with Crippen LogP contribution in [0.5, 0.6) is 0 Å². The first kappa shape index (κ1) is 16.7. The minimum absolute atomic E-state index is 0.0270. The van der Waals surface area contributed by atoms with E-state index in [-0.39, 0.29) is 29.6 Å². The Morgan fingerprint density at radius 2 is 2.27 bits per heavy atom. The van der Waals surface area contributed by atoms with Crippen LogP contribution < -0.4 is 5.32 Å². The highest BCUT2D eigenvalue weighted by molar-refractivity contribution is 5.75. The van der Waals surface area contributed by atoms with Gasteiger partial charge < -0.3 is 15.0 Å². The summed E-state index contributed by atoms with van der Waals surface area (Å²) in [5, 5.41) is 3.12. The smallest absolute Gasteiger partial charge is 0.317 e. The van der Waals surface area contributed by atoms with Gasteiger partial charge in [-0.3, -0.25) is 4.98 Å². The summed E-state index contributed by atoms with van der Waals surface area (Å²) in [5.41, 5.74) is 0.862. The fourth-order valence-corrected chi connectivity index (χ4v) is 2.86. The Hall–Kier alpha value is -1.62. The van der Waals surface area contributed by atoms with E-state index in [9.17, 15) is 4.79 Å². The van der Waals surface area contributed by atoms with E-state index in [4.69, 9.17) is 4.74 Å². The molecule has 1 aromatic heterocycles. The molecule has 1 aromatic rings. The van der Waals surface area contributed by atoms with Crippen LogP contribution >= 0.6 is 0 Å². The van der Waals surface area contributed by atoms with E-state index in [0.29, 0.717) is 6.61 Å². The number of nitrogens with zero attached hydrogens (tertiary/aromatic N) is 2. The average Bonchev–Trinajstić information content (AvgIpc) is 2.53. The minimum Gasteiger partial charge on any atom is -0.378 e. The average molecular weight is 305 g/mol. The SMILES string of the molecule is CCO[C@@H]1C[C@H](NC(=O)N(C)[C@@H](C)c2ccccn2)C1(C)C. The Labute approximate surface area is 133 Å². The standard InChI is InChI=1S/C17H27N3O2/c1-6-22-15-11-14(17(15,3)4)19-16(21)20(5)12(2)13-9-7-8-10-18-13/h7-10,12,14-15H,6,11H2,1-5H3,(H,19,21)/t12-,14-,15+/m0/s1. The van der Waals surface area contributed by atoms with E-state index in [1.807, 2.05) is 32.0 Å². The van der Waals surface area contributed by atoms with Crippen molar-refractivity contribution in [1.82, 2.24) is 15.2 Å². The van der Waals surface area contributed by atoms with Crippen LogP contribution in [0.3, 0.4) is 0 Å². The molecule has 1 N–H and O–H groups in total. The number of pyridine rings is 1. The normalized spacial score (nSPS) is 24.2. The fraction of sp³-hybridized carbons (Fsp3) is 0.647. The molecular weight excluding hydrogens is 278 g/mol. The first-order valence-electron chi connectivity index (χ1n) is 7.93. The van der Waals surface area contributed by atoms with Crippen LogP contribution in [0.1, 0.15) is 45.9 Å². The van der Waals surface area contributed by atoms with Gasteiger partial charge in [0, 0.05) is 31.3 Å². The van der Waals surface area contributed by atoms with Crippen LogP contribution in [0.2, 0.25) is 0 Å². The van der Waals surface area contributed by atoms with Gasteiger partial charge in [0.1, 0.15) is 0 Å². The number of rotatable bonds is 5. The predicted molar refractivity (Wildman–Crippen MR) is 86.5 cm³/mol. The summed E-state index contributed by atoms with van der Waals surface area (Å²) in [6, 6.07) is 5.77. The maximum Gasteiger partial charge on any atom is 0.317 e. The molecule has 2 rings (SSSR count). The van der Waals surface area contributed by atoms with Crippen LogP contribution in [0.4, 0.5) is 4.79 Å². The van der Waals surface area contributed by atoms with E-state index < -0.39 is 0 Å². The van der Waals surface area contributed by atoms with Crippen molar-refractivity contribution in [2.24, 2.45) is 5.41 Å². The van der Waals surface area contributed by atoms with Crippen molar-refractivity contribution in [1.29, 1.82) is 0 Å². The molecular formula is C17H27N3O2. The Morgan fingerprint density at radius 3 is 2.82 bits per heavy atom. The number of aromatic nitrogens is 1. The Balaban J connectivity index is 1.93. The molecule has 22 heavy (non-hydrogen) atoms. The van der Waals surface area contributed by atoms with Crippen molar-refractivity contribution >= 4 is 6.03 Å². The van der Waals surface area contributed by atoms with Crippen LogP contribution in [0.25, 0.3) is 0 Å². The second-order valence-corrected chi connectivity index (χ2v) is 6.54. The fourth-order valence-electron chi connectivity index (χ4n) is 2.86. The molecule has 1 heterocycles. The zero-order chi connectivity index (χ0) is 16.3. The third-order valence-electron chi connectivity index (χ3n) is 4.86. The maximum absolute atomic E-state index is 12.5. The summed E-state index contributed by atoms with van der Waals surface area (Å²) in [6.45, 7) is 8.99. The molecule has 0 spiro atoms. The number of carbonyl (C=O) groups excluding carboxylic acids is 1. The van der Waals surface area contributed by atoms with Gasteiger partial charge in [0.05, 0.1) is 17.8 Å². The highest BCUT2D eigenvalue weighted by atomic mass is 16.5. The van der Waals surface area contributed by atoms with E-state index in [0.717, 1.165) is 12.1 Å². The summed E-state index contributed by atoms with van der Waals surface area (Å²) >= 11 is 0. The lowest BCUT2D eigenvalue weighted by atomic mass is 9.64. The zero-order valence-electron chi connectivity index (χ0n) is 14.2. The number of nitrogens with one attached hydrogen (secondary N) is 1. The molecule has 3 atom stereocenters. The molecule has 0 saturated heterocycles. The Bertz CT molecular complexity index is 504. The summed E-state index contributed by atoms with van der Waals surface area (Å²) in [5.74, 6) is 0. The van der Waals surface area contributed by atoms with Gasteiger partial charge >= 0.3 is 6.03 Å². The van der Waals surface area contributed by atoms with Gasteiger partial charge in [-0.2, -0.15) is 0 Å². The molecule has 1 saturated carbocycles. The van der Waals surface area contributed by atoms with Gasteiger partial charge in [0.25, 0.3) is 0 Å². The first-order valence-corrected chi connectivity index (χ1v) is 7.93. The third kappa shape index (κ3) is 3.24. The lowest BCUT2D eigenvalue weighted by Gasteiger charge is -2.51. The largest absolute Gasteiger partial charge is 0.378 e. The van der Waals surface area contributed by atoms with E-state index in [1.54, 1.807) is 18.1 Å². The number of hydrogen-bond acceptors (Lipinski definition) is 3. The molecule has 0 aliphatic heterocycles. The predicted octanol–water partition coefficient (Wildman–Crippen LogP) is 2.99. The molecule has 5 heteroatoms.